The number of benzene rings is 2. The van der Waals surface area contributed by atoms with Crippen LogP contribution in [0.1, 0.15) is 41.3 Å². The van der Waals surface area contributed by atoms with Crippen LogP contribution in [0.3, 0.4) is 0 Å². The Bertz CT molecular complexity index is 2240. The number of methoxy groups -OCH3 is 1. The molecule has 2 aromatic carbocycles. The maximum Gasteiger partial charge on any atom is 0.315 e. The van der Waals surface area contributed by atoms with Crippen molar-refractivity contribution < 1.29 is 9.53 Å². The van der Waals surface area contributed by atoms with Gasteiger partial charge in [0.05, 0.1) is 34.9 Å². The third kappa shape index (κ3) is 5.28. The molecule has 2 fully saturated rings. The van der Waals surface area contributed by atoms with Gasteiger partial charge < -0.3 is 20.7 Å². The first kappa shape index (κ1) is 31.3. The van der Waals surface area contributed by atoms with Crippen LogP contribution >= 0.6 is 11.6 Å². The Morgan fingerprint density at radius 2 is 1.86 bits per heavy atom. The molecule has 0 bridgehead atoms. The maximum absolute atomic E-state index is 13.1. The van der Waals surface area contributed by atoms with E-state index in [9.17, 15) is 9.59 Å². The molecule has 0 saturated carbocycles. The summed E-state index contributed by atoms with van der Waals surface area (Å²) >= 11 is 7.25. The second kappa shape index (κ2) is 11.9. The van der Waals surface area contributed by atoms with Gasteiger partial charge in [-0.3, -0.25) is 9.69 Å². The molecule has 2 saturated heterocycles. The summed E-state index contributed by atoms with van der Waals surface area (Å²) in [4.78, 5) is 37.2. The molecule has 3 aromatic heterocycles. The average Bonchev–Trinajstić information content (AvgIpc) is 3.81. The third-order valence-corrected chi connectivity index (χ3v) is 10.7. The summed E-state index contributed by atoms with van der Waals surface area (Å²) in [7, 11) is 3.31. The number of pyridine rings is 2. The zero-order valence-electron chi connectivity index (χ0n) is 27.9. The second-order valence-corrected chi connectivity index (χ2v) is 13.8. The summed E-state index contributed by atoms with van der Waals surface area (Å²) < 4.78 is 7.26. The lowest BCUT2D eigenvalue weighted by atomic mass is 9.96. The first-order chi connectivity index (χ1) is 23.6. The van der Waals surface area contributed by atoms with Crippen molar-refractivity contribution in [2.75, 3.05) is 32.1 Å². The van der Waals surface area contributed by atoms with Crippen LogP contribution in [0.5, 0.6) is 5.88 Å². The molecule has 1 spiro atoms. The molecule has 5 heterocycles. The highest BCUT2D eigenvalue weighted by molar-refractivity contribution is 6.36. The topological polar surface area (TPSA) is 126 Å². The largest absolute Gasteiger partial charge is 0.481 e. The molecule has 49 heavy (non-hydrogen) atoms. The fraction of sp³-hybridized carbons (Fsp3) is 0.324. The minimum absolute atomic E-state index is 0.0865. The Hall–Kier alpha value is -5.00. The van der Waals surface area contributed by atoms with E-state index in [0.717, 1.165) is 82.6 Å². The minimum Gasteiger partial charge on any atom is -0.481 e. The molecule has 8 rings (SSSR count). The van der Waals surface area contributed by atoms with Gasteiger partial charge in [-0.1, -0.05) is 41.9 Å². The molecular weight excluding hydrogens is 640 g/mol. The van der Waals surface area contributed by atoms with Crippen LogP contribution < -0.4 is 26.2 Å². The molecule has 3 aliphatic rings. The molecule has 12 heteroatoms. The van der Waals surface area contributed by atoms with Crippen molar-refractivity contribution in [2.45, 2.75) is 44.7 Å². The monoisotopic (exact) mass is 676 g/mol. The van der Waals surface area contributed by atoms with Crippen molar-refractivity contribution in [1.82, 2.24) is 35.3 Å². The number of hydrogen-bond acceptors (Lipinski definition) is 8. The average molecular weight is 677 g/mol. The van der Waals surface area contributed by atoms with Gasteiger partial charge in [0.15, 0.2) is 0 Å². The summed E-state index contributed by atoms with van der Waals surface area (Å²) in [5.74, 6) is 1.10. The highest BCUT2D eigenvalue weighted by atomic mass is 35.5. The molecule has 5 aromatic rings. The zero-order chi connectivity index (χ0) is 34.0. The number of hydrogen-bond donors (Lipinski definition) is 3. The van der Waals surface area contributed by atoms with Crippen LogP contribution in [0.4, 0.5) is 16.3 Å². The van der Waals surface area contributed by atoms with E-state index in [1.54, 1.807) is 20.4 Å². The first-order valence-corrected chi connectivity index (χ1v) is 16.9. The highest BCUT2D eigenvalue weighted by Gasteiger charge is 2.46. The summed E-state index contributed by atoms with van der Waals surface area (Å²) in [6.07, 6.45) is 4.47. The summed E-state index contributed by atoms with van der Waals surface area (Å²) in [5.41, 5.74) is 7.88. The SMILES string of the molecule is COc1nc(-c2cccc(-c3cccc(Nc4nc(C)cc5cnn(C)c(=O)c45)c3C)c2Cl)cc2c1C(N1CCC3(CNC(=O)N3)C1)CC2. The number of aromatic nitrogens is 4. The number of rotatable bonds is 6. The van der Waals surface area contributed by atoms with Gasteiger partial charge in [-0.05, 0) is 68.0 Å². The lowest BCUT2D eigenvalue weighted by molar-refractivity contribution is 0.219. The second-order valence-electron chi connectivity index (χ2n) is 13.4. The number of nitrogens with zero attached hydrogens (tertiary/aromatic N) is 5. The van der Waals surface area contributed by atoms with Crippen LogP contribution in [0, 0.1) is 13.8 Å². The number of nitrogens with one attached hydrogen (secondary N) is 3. The van der Waals surface area contributed by atoms with Gasteiger partial charge in [0.2, 0.25) is 5.88 Å². The molecular formula is C37H37ClN8O3. The number of urea groups is 1. The number of amides is 2. The van der Waals surface area contributed by atoms with Crippen LogP contribution in [0.15, 0.2) is 59.5 Å². The van der Waals surface area contributed by atoms with Crippen LogP contribution in [-0.4, -0.2) is 63.0 Å². The highest BCUT2D eigenvalue weighted by Crippen LogP contribution is 2.46. The van der Waals surface area contributed by atoms with Crippen molar-refractivity contribution in [3.63, 3.8) is 0 Å². The van der Waals surface area contributed by atoms with Gasteiger partial charge in [-0.25, -0.2) is 19.4 Å². The first-order valence-electron chi connectivity index (χ1n) is 16.5. The molecule has 2 aliphatic heterocycles. The summed E-state index contributed by atoms with van der Waals surface area (Å²) in [6, 6.07) is 16.1. The summed E-state index contributed by atoms with van der Waals surface area (Å²) in [5, 5.41) is 15.5. The van der Waals surface area contributed by atoms with Crippen LogP contribution in [0.25, 0.3) is 33.2 Å². The molecule has 2 amide bonds. The van der Waals surface area contributed by atoms with Gasteiger partial charge in [-0.15, -0.1) is 0 Å². The van der Waals surface area contributed by atoms with Gasteiger partial charge in [0.25, 0.3) is 5.56 Å². The Balaban J connectivity index is 1.13. The zero-order valence-corrected chi connectivity index (χ0v) is 28.6. The predicted octanol–water partition coefficient (Wildman–Crippen LogP) is 5.82. The predicted molar refractivity (Wildman–Crippen MR) is 191 cm³/mol. The van der Waals surface area contributed by atoms with E-state index < -0.39 is 0 Å². The quantitative estimate of drug-likeness (QED) is 0.205. The lowest BCUT2D eigenvalue weighted by Crippen LogP contribution is -2.46. The van der Waals surface area contributed by atoms with Crippen molar-refractivity contribution in [2.24, 2.45) is 7.05 Å². The maximum atomic E-state index is 13.1. The van der Waals surface area contributed by atoms with E-state index in [4.69, 9.17) is 21.3 Å². The van der Waals surface area contributed by atoms with Crippen molar-refractivity contribution >= 4 is 39.9 Å². The standard InChI is InChI=1S/C37H37ClN8O3/c1-20-15-23-17-40-45(3)35(47)31(23)33(41-20)42-27-10-6-7-24(21(27)2)25-8-5-9-26(32(25)38)28-16-22-11-12-29(30(22)34(43-28)49-4)46-14-13-37(19-46)18-39-36(48)44-37/h5-10,15-17,29H,11-14,18-19H2,1-4H3,(H,41,42)(H2,39,44,48). The van der Waals surface area contributed by atoms with E-state index in [2.05, 4.69) is 37.0 Å². The molecule has 3 N–H and O–H groups in total. The number of carbonyl (C=O) groups excluding carboxylic acids is 1. The Kier molecular flexibility index (Phi) is 7.57. The van der Waals surface area contributed by atoms with Gasteiger partial charge in [0.1, 0.15) is 5.82 Å². The number of halogens is 1. The molecule has 0 radical (unpaired) electrons. The Morgan fingerprint density at radius 1 is 1.06 bits per heavy atom. The Morgan fingerprint density at radius 3 is 2.65 bits per heavy atom. The lowest BCUT2D eigenvalue weighted by Gasteiger charge is -2.28. The smallest absolute Gasteiger partial charge is 0.315 e. The summed E-state index contributed by atoms with van der Waals surface area (Å²) in [6.45, 7) is 6.29. The van der Waals surface area contributed by atoms with E-state index in [1.165, 1.54) is 10.2 Å². The van der Waals surface area contributed by atoms with Crippen molar-refractivity contribution in [1.29, 1.82) is 0 Å². The van der Waals surface area contributed by atoms with E-state index >= 15 is 0 Å². The molecule has 250 valence electrons. The number of likely N-dealkylation sites (tertiary alicyclic amines) is 1. The fourth-order valence-electron chi connectivity index (χ4n) is 7.84. The van der Waals surface area contributed by atoms with E-state index in [-0.39, 0.29) is 23.2 Å². The number of anilines is 2. The third-order valence-electron chi connectivity index (χ3n) is 10.3. The molecule has 2 atom stereocenters. The minimum atomic E-state index is -0.218. The van der Waals surface area contributed by atoms with Crippen LogP contribution in [0.2, 0.25) is 5.02 Å². The van der Waals surface area contributed by atoms with E-state index in [1.807, 2.05) is 56.3 Å². The van der Waals surface area contributed by atoms with Crippen LogP contribution in [-0.2, 0) is 13.5 Å². The molecule has 2 unspecified atom stereocenters. The van der Waals surface area contributed by atoms with Gasteiger partial charge in [-0.2, -0.15) is 5.10 Å². The molecule has 1 aliphatic carbocycles. The number of carbonyl (C=O) groups is 1. The fourth-order valence-corrected chi connectivity index (χ4v) is 8.17. The molecule has 11 nitrogen and oxygen atoms in total. The van der Waals surface area contributed by atoms with Gasteiger partial charge >= 0.3 is 6.03 Å². The Labute approximate surface area is 288 Å². The van der Waals surface area contributed by atoms with Crippen molar-refractivity contribution in [3.05, 3.63) is 92.5 Å². The van der Waals surface area contributed by atoms with E-state index in [0.29, 0.717) is 28.7 Å². The number of ether oxygens (including phenoxy) is 1. The number of aryl methyl sites for hydroxylation is 3. The van der Waals surface area contributed by atoms with Crippen molar-refractivity contribution in [3.8, 4) is 28.3 Å². The number of fused-ring (bicyclic) bond motifs is 2. The van der Waals surface area contributed by atoms with Gasteiger partial charge in [0, 0.05) is 66.2 Å². The normalized spacial score (nSPS) is 20.1.